The van der Waals surface area contributed by atoms with Crippen LogP contribution in [0, 0.1) is 18.6 Å². The molecule has 2 N–H and O–H groups in total. The number of nitrogens with one attached hydrogen (secondary N) is 2. The van der Waals surface area contributed by atoms with Gasteiger partial charge in [0.05, 0.1) is 5.52 Å². The quantitative estimate of drug-likeness (QED) is 0.365. The Hall–Kier alpha value is -4.46. The van der Waals surface area contributed by atoms with Gasteiger partial charge in [-0.05, 0) is 48.4 Å². The number of imidazole rings is 1. The summed E-state index contributed by atoms with van der Waals surface area (Å²) in [4.78, 5) is 16.3. The van der Waals surface area contributed by atoms with Gasteiger partial charge in [0.2, 0.25) is 0 Å². The lowest BCUT2D eigenvalue weighted by atomic mass is 10.0. The highest BCUT2D eigenvalue weighted by molar-refractivity contribution is 5.97. The van der Waals surface area contributed by atoms with Crippen molar-refractivity contribution < 1.29 is 8.78 Å². The van der Waals surface area contributed by atoms with E-state index >= 15 is 0 Å². The molecule has 6 nitrogen and oxygen atoms in total. The fourth-order valence-corrected chi connectivity index (χ4v) is 4.11. The SMILES string of the molecule is Cc1ccncc1-c1cc(F)c2n[nH]c(-c3nc4nccc(-c5ccccc5F)c4[nH]3)c2c1. The molecule has 6 rings (SSSR count). The van der Waals surface area contributed by atoms with Gasteiger partial charge in [0.15, 0.2) is 17.3 Å². The van der Waals surface area contributed by atoms with Crippen LogP contribution in [0.15, 0.2) is 67.1 Å². The number of hydrogen-bond acceptors (Lipinski definition) is 4. The van der Waals surface area contributed by atoms with Crippen LogP contribution >= 0.6 is 0 Å². The van der Waals surface area contributed by atoms with E-state index in [-0.39, 0.29) is 11.3 Å². The van der Waals surface area contributed by atoms with E-state index in [1.54, 1.807) is 42.9 Å². The van der Waals surface area contributed by atoms with Crippen LogP contribution < -0.4 is 0 Å². The third kappa shape index (κ3) is 3.07. The highest BCUT2D eigenvalue weighted by atomic mass is 19.1. The maximum Gasteiger partial charge on any atom is 0.178 e. The molecule has 0 amide bonds. The van der Waals surface area contributed by atoms with Gasteiger partial charge in [0.1, 0.15) is 17.0 Å². The van der Waals surface area contributed by atoms with Crippen molar-refractivity contribution in [1.82, 2.24) is 30.1 Å². The molecule has 0 aliphatic heterocycles. The number of hydrogen-bond donors (Lipinski definition) is 2. The Balaban J connectivity index is 1.56. The summed E-state index contributed by atoms with van der Waals surface area (Å²) < 4.78 is 29.4. The second-order valence-corrected chi connectivity index (χ2v) is 7.77. The molecule has 0 aliphatic carbocycles. The maximum atomic E-state index is 14.9. The summed E-state index contributed by atoms with van der Waals surface area (Å²) in [5.74, 6) is -0.357. The van der Waals surface area contributed by atoms with Gasteiger partial charge in [0.25, 0.3) is 0 Å². The van der Waals surface area contributed by atoms with Crippen molar-refractivity contribution in [3.05, 3.63) is 84.3 Å². The summed E-state index contributed by atoms with van der Waals surface area (Å²) >= 11 is 0. The number of halogens is 2. The molecule has 8 heteroatoms. The number of H-pyrrole nitrogens is 2. The summed E-state index contributed by atoms with van der Waals surface area (Å²) in [7, 11) is 0. The van der Waals surface area contributed by atoms with Crippen LogP contribution in [0.5, 0.6) is 0 Å². The predicted octanol–water partition coefficient (Wildman–Crippen LogP) is 5.82. The minimum Gasteiger partial charge on any atom is -0.335 e. The number of fused-ring (bicyclic) bond motifs is 2. The minimum atomic E-state index is -0.450. The van der Waals surface area contributed by atoms with Gasteiger partial charge in [-0.1, -0.05) is 18.2 Å². The lowest BCUT2D eigenvalue weighted by molar-refractivity contribution is 0.631. The van der Waals surface area contributed by atoms with Crippen LogP contribution in [0.2, 0.25) is 0 Å². The van der Waals surface area contributed by atoms with Crippen LogP contribution in [0.4, 0.5) is 8.78 Å². The summed E-state index contributed by atoms with van der Waals surface area (Å²) in [6, 6.07) is 13.4. The molecular formula is C25H16F2N6. The van der Waals surface area contributed by atoms with Crippen LogP contribution in [-0.2, 0) is 0 Å². The summed E-state index contributed by atoms with van der Waals surface area (Å²) in [5, 5.41) is 7.62. The maximum absolute atomic E-state index is 14.9. The van der Waals surface area contributed by atoms with Gasteiger partial charge in [-0.2, -0.15) is 5.10 Å². The molecule has 4 aromatic heterocycles. The summed E-state index contributed by atoms with van der Waals surface area (Å²) in [6.07, 6.45) is 5.00. The third-order valence-electron chi connectivity index (χ3n) is 5.76. The van der Waals surface area contributed by atoms with Gasteiger partial charge in [-0.15, -0.1) is 0 Å². The van der Waals surface area contributed by atoms with Crippen molar-refractivity contribution in [3.63, 3.8) is 0 Å². The average molecular weight is 438 g/mol. The minimum absolute atomic E-state index is 0.207. The monoisotopic (exact) mass is 438 g/mol. The van der Waals surface area contributed by atoms with E-state index in [2.05, 4.69) is 30.1 Å². The number of aryl methyl sites for hydroxylation is 1. The number of nitrogens with zero attached hydrogens (tertiary/aromatic N) is 4. The number of benzene rings is 2. The Morgan fingerprint density at radius 2 is 1.76 bits per heavy atom. The highest BCUT2D eigenvalue weighted by Gasteiger charge is 2.19. The van der Waals surface area contributed by atoms with Crippen LogP contribution in [0.25, 0.3) is 55.8 Å². The molecule has 0 bridgehead atoms. The highest BCUT2D eigenvalue weighted by Crippen LogP contribution is 2.34. The second kappa shape index (κ2) is 7.30. The molecule has 6 aromatic rings. The molecule has 160 valence electrons. The molecule has 0 unspecified atom stereocenters. The first-order valence-corrected chi connectivity index (χ1v) is 10.3. The summed E-state index contributed by atoms with van der Waals surface area (Å²) in [5.41, 5.74) is 5.31. The molecule has 0 atom stereocenters. The van der Waals surface area contributed by atoms with E-state index in [9.17, 15) is 8.78 Å². The van der Waals surface area contributed by atoms with Crippen molar-refractivity contribution in [2.45, 2.75) is 6.92 Å². The Kier molecular flexibility index (Phi) is 4.26. The Bertz CT molecular complexity index is 1670. The smallest absolute Gasteiger partial charge is 0.178 e. The third-order valence-corrected chi connectivity index (χ3v) is 5.76. The first kappa shape index (κ1) is 19.2. The molecule has 0 spiro atoms. The van der Waals surface area contributed by atoms with E-state index in [4.69, 9.17) is 0 Å². The van der Waals surface area contributed by atoms with E-state index in [0.29, 0.717) is 44.8 Å². The van der Waals surface area contributed by atoms with Crippen molar-refractivity contribution in [1.29, 1.82) is 0 Å². The van der Waals surface area contributed by atoms with Crippen LogP contribution in [0.1, 0.15) is 5.56 Å². The fraction of sp³-hybridized carbons (Fsp3) is 0.0400. The molecule has 0 aliphatic rings. The van der Waals surface area contributed by atoms with Crippen LogP contribution in [0.3, 0.4) is 0 Å². The molecule has 0 saturated heterocycles. The summed E-state index contributed by atoms with van der Waals surface area (Å²) in [6.45, 7) is 1.95. The predicted molar refractivity (Wildman–Crippen MR) is 122 cm³/mol. The van der Waals surface area contributed by atoms with Gasteiger partial charge in [0, 0.05) is 40.7 Å². The zero-order chi connectivity index (χ0) is 22.5. The zero-order valence-electron chi connectivity index (χ0n) is 17.4. The number of aromatic amines is 2. The van der Waals surface area contributed by atoms with Crippen LogP contribution in [-0.4, -0.2) is 30.1 Å². The molecule has 0 saturated carbocycles. The van der Waals surface area contributed by atoms with Crippen molar-refractivity contribution >= 4 is 22.1 Å². The van der Waals surface area contributed by atoms with E-state index in [1.807, 2.05) is 19.1 Å². The first-order valence-electron chi connectivity index (χ1n) is 10.3. The largest absolute Gasteiger partial charge is 0.335 e. The van der Waals surface area contributed by atoms with Crippen molar-refractivity contribution in [2.75, 3.05) is 0 Å². The fourth-order valence-electron chi connectivity index (χ4n) is 4.11. The normalized spacial score (nSPS) is 11.5. The number of rotatable bonds is 3. The molecule has 0 radical (unpaired) electrons. The van der Waals surface area contributed by atoms with Gasteiger partial charge in [-0.3, -0.25) is 10.1 Å². The zero-order valence-corrected chi connectivity index (χ0v) is 17.4. The van der Waals surface area contributed by atoms with E-state index in [0.717, 1.165) is 11.1 Å². The molecular weight excluding hydrogens is 422 g/mol. The second-order valence-electron chi connectivity index (χ2n) is 7.77. The molecule has 33 heavy (non-hydrogen) atoms. The van der Waals surface area contributed by atoms with Crippen molar-refractivity contribution in [2.24, 2.45) is 0 Å². The van der Waals surface area contributed by atoms with E-state index in [1.165, 1.54) is 12.1 Å². The average Bonchev–Trinajstić information content (AvgIpc) is 3.44. The lowest BCUT2D eigenvalue weighted by Gasteiger charge is -2.06. The molecule has 4 heterocycles. The number of aromatic nitrogens is 6. The Labute approximate surface area is 186 Å². The Morgan fingerprint density at radius 1 is 0.879 bits per heavy atom. The standard InChI is InChI=1S/C25H16F2N6/c1-13-6-8-28-12-18(13)14-10-17-21(20(27)11-14)32-33-23(17)25-30-22-16(7-9-29-24(22)31-25)15-4-2-3-5-19(15)26/h2-12H,1H3,(H,32,33)(H,29,30,31). The number of pyridine rings is 2. The van der Waals surface area contributed by atoms with Gasteiger partial charge < -0.3 is 4.98 Å². The van der Waals surface area contributed by atoms with Gasteiger partial charge in [-0.25, -0.2) is 18.7 Å². The van der Waals surface area contributed by atoms with Crippen molar-refractivity contribution in [3.8, 4) is 33.8 Å². The lowest BCUT2D eigenvalue weighted by Crippen LogP contribution is -1.88. The Morgan fingerprint density at radius 3 is 2.61 bits per heavy atom. The molecule has 0 fully saturated rings. The molecule has 2 aromatic carbocycles. The van der Waals surface area contributed by atoms with E-state index < -0.39 is 5.82 Å². The topological polar surface area (TPSA) is 83.1 Å². The van der Waals surface area contributed by atoms with Gasteiger partial charge >= 0.3 is 0 Å². The first-order chi connectivity index (χ1) is 16.1.